The van der Waals surface area contributed by atoms with Crippen LogP contribution in [0.1, 0.15) is 32.4 Å². The first-order valence-electron chi connectivity index (χ1n) is 5.78. The van der Waals surface area contributed by atoms with Crippen LogP contribution in [-0.4, -0.2) is 17.8 Å². The van der Waals surface area contributed by atoms with E-state index in [9.17, 15) is 9.50 Å². The molecule has 0 bridgehead atoms. The third kappa shape index (κ3) is 4.26. The number of aliphatic hydroxyl groups is 1. The first kappa shape index (κ1) is 14.4. The summed E-state index contributed by atoms with van der Waals surface area (Å²) >= 11 is 5.73. The lowest BCUT2D eigenvalue weighted by Crippen LogP contribution is -2.32. The lowest BCUT2D eigenvalue weighted by Gasteiger charge is -2.24. The van der Waals surface area contributed by atoms with Crippen molar-refractivity contribution in [1.82, 2.24) is 5.32 Å². The molecule has 0 aliphatic rings. The molecule has 0 heterocycles. The largest absolute Gasteiger partial charge is 0.392 e. The summed E-state index contributed by atoms with van der Waals surface area (Å²) in [5, 5.41) is 12.8. The van der Waals surface area contributed by atoms with E-state index in [2.05, 4.69) is 5.32 Å². The minimum atomic E-state index is -0.452. The predicted molar refractivity (Wildman–Crippen MR) is 68.7 cm³/mol. The molecule has 17 heavy (non-hydrogen) atoms. The van der Waals surface area contributed by atoms with Crippen LogP contribution in [0, 0.1) is 11.7 Å². The molecule has 0 aliphatic heterocycles. The zero-order valence-electron chi connectivity index (χ0n) is 10.4. The van der Waals surface area contributed by atoms with E-state index in [1.807, 2.05) is 13.8 Å². The Morgan fingerprint density at radius 1 is 1.35 bits per heavy atom. The van der Waals surface area contributed by atoms with Gasteiger partial charge in [-0.2, -0.15) is 0 Å². The third-order valence-corrected chi connectivity index (χ3v) is 2.83. The minimum Gasteiger partial charge on any atom is -0.392 e. The van der Waals surface area contributed by atoms with Gasteiger partial charge in [-0.05, 0) is 25.0 Å². The molecule has 1 aromatic carbocycles. The second kappa shape index (κ2) is 6.34. The van der Waals surface area contributed by atoms with Crippen molar-refractivity contribution >= 4 is 11.6 Å². The van der Waals surface area contributed by atoms with Crippen LogP contribution in [0.25, 0.3) is 0 Å². The van der Waals surface area contributed by atoms with Gasteiger partial charge in [-0.3, -0.25) is 0 Å². The number of halogens is 2. The summed E-state index contributed by atoms with van der Waals surface area (Å²) in [5.74, 6) is -0.0845. The molecule has 2 nitrogen and oxygen atoms in total. The van der Waals surface area contributed by atoms with E-state index in [-0.39, 0.29) is 17.8 Å². The molecule has 0 aliphatic carbocycles. The number of hydrogen-bond acceptors (Lipinski definition) is 2. The summed E-state index contributed by atoms with van der Waals surface area (Å²) in [6, 6.07) is 4.56. The standard InChI is InChI=1S/C13H19ClFNO/c1-8(2)13(16-7-9(3)17)11-5-4-10(14)6-12(11)15/h4-6,8-9,13,16-17H,7H2,1-3H3/t9-,13+/m1/s1. The van der Waals surface area contributed by atoms with Gasteiger partial charge in [0.15, 0.2) is 0 Å². The lowest BCUT2D eigenvalue weighted by molar-refractivity contribution is 0.181. The lowest BCUT2D eigenvalue weighted by atomic mass is 9.95. The van der Waals surface area contributed by atoms with Gasteiger partial charge in [-0.25, -0.2) is 4.39 Å². The Balaban J connectivity index is 2.89. The molecule has 4 heteroatoms. The number of benzene rings is 1. The molecule has 0 aromatic heterocycles. The van der Waals surface area contributed by atoms with Crippen LogP contribution in [0.15, 0.2) is 18.2 Å². The van der Waals surface area contributed by atoms with Gasteiger partial charge in [0.05, 0.1) is 6.10 Å². The normalized spacial score (nSPS) is 15.0. The molecule has 0 amide bonds. The number of rotatable bonds is 5. The molecule has 2 atom stereocenters. The van der Waals surface area contributed by atoms with Gasteiger partial charge >= 0.3 is 0 Å². The Morgan fingerprint density at radius 2 is 2.00 bits per heavy atom. The van der Waals surface area contributed by atoms with E-state index in [1.165, 1.54) is 6.07 Å². The summed E-state index contributed by atoms with van der Waals surface area (Å²) in [7, 11) is 0. The molecule has 0 saturated heterocycles. The van der Waals surface area contributed by atoms with Crippen LogP contribution in [0.4, 0.5) is 4.39 Å². The monoisotopic (exact) mass is 259 g/mol. The van der Waals surface area contributed by atoms with Crippen LogP contribution < -0.4 is 5.32 Å². The summed E-state index contributed by atoms with van der Waals surface area (Å²) in [6.07, 6.45) is -0.452. The minimum absolute atomic E-state index is 0.123. The van der Waals surface area contributed by atoms with E-state index >= 15 is 0 Å². The summed E-state index contributed by atoms with van der Waals surface area (Å²) in [6.45, 7) is 6.15. The molecular weight excluding hydrogens is 241 g/mol. The van der Waals surface area contributed by atoms with Gasteiger partial charge in [-0.1, -0.05) is 31.5 Å². The fourth-order valence-corrected chi connectivity index (χ4v) is 1.91. The van der Waals surface area contributed by atoms with Gasteiger partial charge in [0.1, 0.15) is 5.82 Å². The van der Waals surface area contributed by atoms with E-state index in [0.29, 0.717) is 17.1 Å². The molecule has 0 spiro atoms. The van der Waals surface area contributed by atoms with Crippen LogP contribution in [-0.2, 0) is 0 Å². The maximum absolute atomic E-state index is 13.8. The van der Waals surface area contributed by atoms with Crippen molar-refractivity contribution < 1.29 is 9.50 Å². The van der Waals surface area contributed by atoms with Crippen LogP contribution in [0.3, 0.4) is 0 Å². The highest BCUT2D eigenvalue weighted by molar-refractivity contribution is 6.30. The molecule has 96 valence electrons. The second-order valence-electron chi connectivity index (χ2n) is 4.64. The Labute approximate surface area is 107 Å². The maximum atomic E-state index is 13.8. The Bertz CT molecular complexity index is 368. The highest BCUT2D eigenvalue weighted by atomic mass is 35.5. The first-order chi connectivity index (χ1) is 7.91. The molecule has 0 saturated carbocycles. The fourth-order valence-electron chi connectivity index (χ4n) is 1.76. The first-order valence-corrected chi connectivity index (χ1v) is 6.16. The molecule has 0 unspecified atom stereocenters. The van der Waals surface area contributed by atoms with Crippen LogP contribution >= 0.6 is 11.6 Å². The van der Waals surface area contributed by atoms with E-state index in [4.69, 9.17) is 11.6 Å². The molecule has 2 N–H and O–H groups in total. The molecule has 1 aromatic rings. The van der Waals surface area contributed by atoms with Crippen molar-refractivity contribution in [3.63, 3.8) is 0 Å². The molecule has 0 fully saturated rings. The van der Waals surface area contributed by atoms with Crippen molar-refractivity contribution in [1.29, 1.82) is 0 Å². The Kier molecular flexibility index (Phi) is 5.37. The van der Waals surface area contributed by atoms with Gasteiger partial charge in [0.2, 0.25) is 0 Å². The molecule has 1 rings (SSSR count). The van der Waals surface area contributed by atoms with Crippen LogP contribution in [0.2, 0.25) is 5.02 Å². The highest BCUT2D eigenvalue weighted by Gasteiger charge is 2.19. The smallest absolute Gasteiger partial charge is 0.129 e. The fraction of sp³-hybridized carbons (Fsp3) is 0.538. The SMILES string of the molecule is CC(C)[C@H](NC[C@@H](C)O)c1ccc(Cl)cc1F. The van der Waals surface area contributed by atoms with E-state index in [0.717, 1.165) is 0 Å². The quantitative estimate of drug-likeness (QED) is 0.852. The average molecular weight is 260 g/mol. The summed E-state index contributed by atoms with van der Waals surface area (Å²) in [5.41, 5.74) is 0.588. The van der Waals surface area contributed by atoms with E-state index in [1.54, 1.807) is 19.1 Å². The van der Waals surface area contributed by atoms with Gasteiger partial charge < -0.3 is 10.4 Å². The topological polar surface area (TPSA) is 32.3 Å². The summed E-state index contributed by atoms with van der Waals surface area (Å²) in [4.78, 5) is 0. The number of aliphatic hydroxyl groups excluding tert-OH is 1. The molecular formula is C13H19ClFNO. The Hall–Kier alpha value is -0.640. The van der Waals surface area contributed by atoms with Crippen molar-refractivity contribution in [3.8, 4) is 0 Å². The van der Waals surface area contributed by atoms with Crippen molar-refractivity contribution in [2.24, 2.45) is 5.92 Å². The van der Waals surface area contributed by atoms with Crippen molar-refractivity contribution in [3.05, 3.63) is 34.6 Å². The maximum Gasteiger partial charge on any atom is 0.129 e. The number of hydrogen-bond donors (Lipinski definition) is 2. The zero-order chi connectivity index (χ0) is 13.0. The second-order valence-corrected chi connectivity index (χ2v) is 5.08. The number of nitrogens with one attached hydrogen (secondary N) is 1. The zero-order valence-corrected chi connectivity index (χ0v) is 11.1. The van der Waals surface area contributed by atoms with Gasteiger partial charge in [-0.15, -0.1) is 0 Å². The van der Waals surface area contributed by atoms with Gasteiger partial charge in [0.25, 0.3) is 0 Å². The highest BCUT2D eigenvalue weighted by Crippen LogP contribution is 2.26. The molecule has 0 radical (unpaired) electrons. The predicted octanol–water partition coefficient (Wildman–Crippen LogP) is 3.15. The van der Waals surface area contributed by atoms with Crippen molar-refractivity contribution in [2.45, 2.75) is 32.9 Å². The Morgan fingerprint density at radius 3 is 2.47 bits per heavy atom. The van der Waals surface area contributed by atoms with E-state index < -0.39 is 6.10 Å². The van der Waals surface area contributed by atoms with Crippen LogP contribution in [0.5, 0.6) is 0 Å². The summed E-state index contributed by atoms with van der Waals surface area (Å²) < 4.78 is 13.8. The third-order valence-electron chi connectivity index (χ3n) is 2.60. The van der Waals surface area contributed by atoms with Crippen molar-refractivity contribution in [2.75, 3.05) is 6.54 Å². The van der Waals surface area contributed by atoms with Gasteiger partial charge in [0, 0.05) is 23.2 Å². The average Bonchev–Trinajstić information content (AvgIpc) is 2.20.